The Labute approximate surface area is 195 Å². The van der Waals surface area contributed by atoms with Gasteiger partial charge in [0.15, 0.2) is 18.1 Å². The molecule has 0 saturated carbocycles. The summed E-state index contributed by atoms with van der Waals surface area (Å²) in [5.74, 6) is -0.190. The van der Waals surface area contributed by atoms with Crippen molar-refractivity contribution < 1.29 is 23.8 Å². The van der Waals surface area contributed by atoms with Crippen LogP contribution in [0.25, 0.3) is 6.08 Å². The Morgan fingerprint density at radius 1 is 1.19 bits per heavy atom. The van der Waals surface area contributed by atoms with Crippen LogP contribution in [-0.2, 0) is 20.7 Å². The Balaban J connectivity index is 2.04. The molecule has 0 saturated heterocycles. The van der Waals surface area contributed by atoms with Crippen LogP contribution in [0.5, 0.6) is 11.5 Å². The van der Waals surface area contributed by atoms with E-state index in [2.05, 4.69) is 10.1 Å². The highest BCUT2D eigenvalue weighted by molar-refractivity contribution is 14.1. The first-order valence-electron chi connectivity index (χ1n) is 9.49. The standard InChI is InChI=1S/C23H23IN2O5/c1-29-20-13-17(12-19(24)22(20)31-15-21(27)30-2)11-18(14-25)23(28)26-10-6-9-16-7-4-3-5-8-16/h3-5,7-8,11-13H,6,9-10,15H2,1-2H3,(H,26,28)/b18-11-. The van der Waals surface area contributed by atoms with Gasteiger partial charge in [-0.25, -0.2) is 4.79 Å². The molecule has 0 fully saturated rings. The Bertz CT molecular complexity index is 983. The maximum Gasteiger partial charge on any atom is 0.343 e. The van der Waals surface area contributed by atoms with Crippen molar-refractivity contribution in [1.82, 2.24) is 5.32 Å². The van der Waals surface area contributed by atoms with Gasteiger partial charge in [-0.2, -0.15) is 5.26 Å². The molecule has 0 aromatic heterocycles. The molecule has 2 aromatic carbocycles. The number of carbonyl (C=O) groups is 2. The first kappa shape index (κ1) is 24.2. The number of halogens is 1. The highest BCUT2D eigenvalue weighted by Gasteiger charge is 2.15. The number of aryl methyl sites for hydroxylation is 1. The van der Waals surface area contributed by atoms with E-state index in [-0.39, 0.29) is 12.2 Å². The van der Waals surface area contributed by atoms with Gasteiger partial charge in [0, 0.05) is 6.54 Å². The number of methoxy groups -OCH3 is 2. The quantitative estimate of drug-likeness (QED) is 0.165. The van der Waals surface area contributed by atoms with Crippen LogP contribution in [0, 0.1) is 14.9 Å². The average molecular weight is 534 g/mol. The summed E-state index contributed by atoms with van der Waals surface area (Å²) in [7, 11) is 2.74. The van der Waals surface area contributed by atoms with Gasteiger partial charge in [-0.1, -0.05) is 30.3 Å². The van der Waals surface area contributed by atoms with Crippen LogP contribution in [0.2, 0.25) is 0 Å². The first-order chi connectivity index (χ1) is 15.0. The molecule has 0 aliphatic heterocycles. The van der Waals surface area contributed by atoms with Crippen molar-refractivity contribution in [3.05, 3.63) is 62.7 Å². The fraction of sp³-hybridized carbons (Fsp3) is 0.261. The lowest BCUT2D eigenvalue weighted by Gasteiger charge is -2.13. The third-order valence-corrected chi connectivity index (χ3v) is 5.06. The minimum Gasteiger partial charge on any atom is -0.493 e. The van der Waals surface area contributed by atoms with Crippen LogP contribution < -0.4 is 14.8 Å². The van der Waals surface area contributed by atoms with Crippen molar-refractivity contribution >= 4 is 40.5 Å². The van der Waals surface area contributed by atoms with Crippen LogP contribution in [0.4, 0.5) is 0 Å². The van der Waals surface area contributed by atoms with E-state index in [4.69, 9.17) is 9.47 Å². The van der Waals surface area contributed by atoms with Gasteiger partial charge in [-0.15, -0.1) is 0 Å². The molecule has 0 aliphatic rings. The van der Waals surface area contributed by atoms with E-state index in [9.17, 15) is 14.9 Å². The van der Waals surface area contributed by atoms with E-state index in [0.717, 1.165) is 12.8 Å². The number of esters is 1. The zero-order valence-corrected chi connectivity index (χ0v) is 19.5. The van der Waals surface area contributed by atoms with Crippen LogP contribution in [0.15, 0.2) is 48.0 Å². The summed E-state index contributed by atoms with van der Waals surface area (Å²) >= 11 is 2.03. The summed E-state index contributed by atoms with van der Waals surface area (Å²) in [6, 6.07) is 15.3. The maximum absolute atomic E-state index is 12.4. The van der Waals surface area contributed by atoms with E-state index in [1.165, 1.54) is 25.9 Å². The molecule has 2 aromatic rings. The number of nitrogens with one attached hydrogen (secondary N) is 1. The molecule has 0 bridgehead atoms. The van der Waals surface area contributed by atoms with Gasteiger partial charge in [0.05, 0.1) is 17.8 Å². The molecule has 0 spiro atoms. The van der Waals surface area contributed by atoms with E-state index < -0.39 is 11.9 Å². The smallest absolute Gasteiger partial charge is 0.343 e. The first-order valence-corrected chi connectivity index (χ1v) is 10.6. The van der Waals surface area contributed by atoms with Crippen LogP contribution in [-0.4, -0.2) is 39.2 Å². The molecule has 0 radical (unpaired) electrons. The lowest BCUT2D eigenvalue weighted by molar-refractivity contribution is -0.143. The van der Waals surface area contributed by atoms with Gasteiger partial charge in [0.2, 0.25) is 0 Å². The number of hydrogen-bond acceptors (Lipinski definition) is 6. The largest absolute Gasteiger partial charge is 0.493 e. The number of carbonyl (C=O) groups excluding carboxylic acids is 2. The molecule has 2 rings (SSSR count). The highest BCUT2D eigenvalue weighted by atomic mass is 127. The summed E-state index contributed by atoms with van der Waals surface area (Å²) in [4.78, 5) is 23.7. The second kappa shape index (κ2) is 12.6. The molecular weight excluding hydrogens is 511 g/mol. The second-order valence-corrected chi connectivity index (χ2v) is 7.58. The van der Waals surface area contributed by atoms with Gasteiger partial charge in [-0.05, 0) is 64.8 Å². The lowest BCUT2D eigenvalue weighted by Crippen LogP contribution is -2.25. The second-order valence-electron chi connectivity index (χ2n) is 6.41. The molecule has 0 unspecified atom stereocenters. The molecule has 162 valence electrons. The molecule has 31 heavy (non-hydrogen) atoms. The number of benzene rings is 2. The topological polar surface area (TPSA) is 97.7 Å². The number of ether oxygens (including phenoxy) is 3. The number of rotatable bonds is 10. The molecule has 8 heteroatoms. The van der Waals surface area contributed by atoms with E-state index >= 15 is 0 Å². The predicted octanol–water partition coefficient (Wildman–Crippen LogP) is 3.51. The summed E-state index contributed by atoms with van der Waals surface area (Å²) in [6.45, 7) is 0.209. The maximum atomic E-state index is 12.4. The predicted molar refractivity (Wildman–Crippen MR) is 125 cm³/mol. The molecular formula is C23H23IN2O5. The number of nitrogens with zero attached hydrogens (tertiary/aromatic N) is 1. The van der Waals surface area contributed by atoms with Crippen molar-refractivity contribution in [3.8, 4) is 17.6 Å². The normalized spacial score (nSPS) is 10.7. The Kier molecular flexibility index (Phi) is 9.84. The minimum absolute atomic E-state index is 0.0132. The van der Waals surface area contributed by atoms with Crippen LogP contribution in [0.1, 0.15) is 17.5 Å². The van der Waals surface area contributed by atoms with Crippen molar-refractivity contribution in [2.75, 3.05) is 27.4 Å². The fourth-order valence-electron chi connectivity index (χ4n) is 2.70. The van der Waals surface area contributed by atoms with Gasteiger partial charge in [0.1, 0.15) is 11.6 Å². The van der Waals surface area contributed by atoms with Gasteiger partial charge < -0.3 is 19.5 Å². The van der Waals surface area contributed by atoms with E-state index in [1.54, 1.807) is 12.1 Å². The minimum atomic E-state index is -0.516. The number of hydrogen-bond donors (Lipinski definition) is 1. The summed E-state index contributed by atoms with van der Waals surface area (Å²) < 4.78 is 16.0. The molecule has 0 atom stereocenters. The van der Waals surface area contributed by atoms with E-state index in [0.29, 0.717) is 27.2 Å². The Hall–Kier alpha value is -3.06. The fourth-order valence-corrected chi connectivity index (χ4v) is 3.48. The lowest BCUT2D eigenvalue weighted by atomic mass is 10.1. The molecule has 1 amide bonds. The Morgan fingerprint density at radius 3 is 2.58 bits per heavy atom. The van der Waals surface area contributed by atoms with Crippen molar-refractivity contribution in [2.24, 2.45) is 0 Å². The molecule has 0 aliphatic carbocycles. The van der Waals surface area contributed by atoms with Gasteiger partial charge in [0.25, 0.3) is 5.91 Å². The molecule has 0 heterocycles. The molecule has 1 N–H and O–H groups in total. The van der Waals surface area contributed by atoms with E-state index in [1.807, 2.05) is 59.0 Å². The number of nitriles is 1. The van der Waals surface area contributed by atoms with Crippen molar-refractivity contribution in [3.63, 3.8) is 0 Å². The van der Waals surface area contributed by atoms with Crippen LogP contribution in [0.3, 0.4) is 0 Å². The Morgan fingerprint density at radius 2 is 1.94 bits per heavy atom. The average Bonchev–Trinajstić information content (AvgIpc) is 2.79. The van der Waals surface area contributed by atoms with Gasteiger partial charge in [-0.3, -0.25) is 4.79 Å². The molecule has 7 nitrogen and oxygen atoms in total. The zero-order valence-electron chi connectivity index (χ0n) is 17.3. The van der Waals surface area contributed by atoms with Crippen LogP contribution >= 0.6 is 22.6 Å². The van der Waals surface area contributed by atoms with Crippen molar-refractivity contribution in [1.29, 1.82) is 5.26 Å². The number of amides is 1. The van der Waals surface area contributed by atoms with Crippen molar-refractivity contribution in [2.45, 2.75) is 12.8 Å². The summed E-state index contributed by atoms with van der Waals surface area (Å²) in [5.41, 5.74) is 1.78. The summed E-state index contributed by atoms with van der Waals surface area (Å²) in [6.07, 6.45) is 3.10. The highest BCUT2D eigenvalue weighted by Crippen LogP contribution is 2.34. The van der Waals surface area contributed by atoms with Gasteiger partial charge >= 0.3 is 5.97 Å². The third-order valence-electron chi connectivity index (χ3n) is 4.26. The SMILES string of the molecule is COC(=O)COc1c(I)cc(/C=C(/C#N)C(=O)NCCCc2ccccc2)cc1OC. The zero-order chi connectivity index (χ0) is 22.6. The summed E-state index contributed by atoms with van der Waals surface area (Å²) in [5, 5.41) is 12.2. The monoisotopic (exact) mass is 534 g/mol. The third kappa shape index (κ3) is 7.61.